The molecular weight excluding hydrogens is 254 g/mol. The number of carbonyl (C=O) groups excluding carboxylic acids is 1. The van der Waals surface area contributed by atoms with Crippen LogP contribution in [0.5, 0.6) is 0 Å². The van der Waals surface area contributed by atoms with Gasteiger partial charge in [0.2, 0.25) is 0 Å². The van der Waals surface area contributed by atoms with Gasteiger partial charge in [0.15, 0.2) is 0 Å². The van der Waals surface area contributed by atoms with Crippen LogP contribution in [0.2, 0.25) is 0 Å². The molecule has 0 saturated heterocycles. The first kappa shape index (κ1) is 14.4. The lowest BCUT2D eigenvalue weighted by Gasteiger charge is -2.15. The van der Waals surface area contributed by atoms with Gasteiger partial charge in [-0.25, -0.2) is 9.78 Å². The van der Waals surface area contributed by atoms with Gasteiger partial charge in [-0.15, -0.1) is 0 Å². The zero-order valence-corrected chi connectivity index (χ0v) is 11.4. The quantitative estimate of drug-likeness (QED) is 0.763. The van der Waals surface area contributed by atoms with Gasteiger partial charge in [-0.05, 0) is 13.0 Å². The number of esters is 1. The van der Waals surface area contributed by atoms with E-state index in [1.54, 1.807) is 6.26 Å². The Morgan fingerprint density at radius 1 is 1.67 bits per heavy atom. The molecule has 18 heavy (non-hydrogen) atoms. The molecule has 0 aliphatic rings. The van der Waals surface area contributed by atoms with E-state index >= 15 is 0 Å². The van der Waals surface area contributed by atoms with Crippen molar-refractivity contribution in [2.45, 2.75) is 13.0 Å². The van der Waals surface area contributed by atoms with Crippen molar-refractivity contribution in [3.63, 3.8) is 0 Å². The second kappa shape index (κ2) is 6.34. The van der Waals surface area contributed by atoms with Gasteiger partial charge in [0, 0.05) is 28.9 Å². The van der Waals surface area contributed by atoms with Crippen LogP contribution in [0.25, 0.3) is 0 Å². The van der Waals surface area contributed by atoms with E-state index in [0.717, 1.165) is 0 Å². The first-order chi connectivity index (χ1) is 8.43. The van der Waals surface area contributed by atoms with E-state index < -0.39 is 16.8 Å². The van der Waals surface area contributed by atoms with E-state index in [2.05, 4.69) is 15.0 Å². The Morgan fingerprint density at radius 3 is 2.89 bits per heavy atom. The van der Waals surface area contributed by atoms with E-state index in [1.165, 1.54) is 19.4 Å². The van der Waals surface area contributed by atoms with Crippen LogP contribution >= 0.6 is 0 Å². The fourth-order valence-corrected chi connectivity index (χ4v) is 2.28. The topological polar surface area (TPSA) is 94.3 Å². The fraction of sp³-hybridized carbons (Fsp3) is 0.455. The lowest BCUT2D eigenvalue weighted by Crippen LogP contribution is -2.24. The molecule has 2 unspecified atom stereocenters. The van der Waals surface area contributed by atoms with Crippen molar-refractivity contribution in [2.75, 3.05) is 30.2 Å². The summed E-state index contributed by atoms with van der Waals surface area (Å²) >= 11 is 0. The van der Waals surface area contributed by atoms with Crippen molar-refractivity contribution in [3.8, 4) is 0 Å². The molecule has 1 rings (SSSR count). The number of rotatable bonds is 5. The highest BCUT2D eigenvalue weighted by atomic mass is 32.2. The summed E-state index contributed by atoms with van der Waals surface area (Å²) in [6.45, 7) is 1.86. The first-order valence-electron chi connectivity index (χ1n) is 5.34. The van der Waals surface area contributed by atoms with Crippen molar-refractivity contribution < 1.29 is 13.7 Å². The lowest BCUT2D eigenvalue weighted by molar-refractivity contribution is 0.0601. The number of anilines is 2. The summed E-state index contributed by atoms with van der Waals surface area (Å²) in [5.74, 6) is 0.336. The molecule has 0 aliphatic heterocycles. The van der Waals surface area contributed by atoms with Crippen LogP contribution in [0.4, 0.5) is 11.5 Å². The molecule has 0 aliphatic carbocycles. The van der Waals surface area contributed by atoms with E-state index in [4.69, 9.17) is 5.73 Å². The molecule has 1 aromatic heterocycles. The summed E-state index contributed by atoms with van der Waals surface area (Å²) in [6.07, 6.45) is 3.07. The van der Waals surface area contributed by atoms with Crippen LogP contribution in [-0.2, 0) is 15.5 Å². The molecular formula is C11H17N3O3S. The average molecular weight is 271 g/mol. The van der Waals surface area contributed by atoms with Crippen LogP contribution in [0.15, 0.2) is 12.3 Å². The smallest absolute Gasteiger partial charge is 0.341 e. The molecule has 2 atom stereocenters. The minimum Gasteiger partial charge on any atom is -0.465 e. The number of nitrogens with zero attached hydrogens (tertiary/aromatic N) is 1. The van der Waals surface area contributed by atoms with Crippen molar-refractivity contribution in [3.05, 3.63) is 17.8 Å². The molecule has 0 spiro atoms. The maximum Gasteiger partial charge on any atom is 0.341 e. The lowest BCUT2D eigenvalue weighted by atomic mass is 10.2. The van der Waals surface area contributed by atoms with E-state index in [0.29, 0.717) is 17.3 Å². The van der Waals surface area contributed by atoms with Crippen LogP contribution in [0.3, 0.4) is 0 Å². The summed E-state index contributed by atoms with van der Waals surface area (Å²) in [5, 5.41) is 3.02. The minimum absolute atomic E-state index is 0.0737. The zero-order chi connectivity index (χ0) is 13.7. The summed E-state index contributed by atoms with van der Waals surface area (Å²) in [4.78, 5) is 15.6. The van der Waals surface area contributed by atoms with Crippen LogP contribution in [0, 0.1) is 0 Å². The molecule has 6 nitrogen and oxygen atoms in total. The van der Waals surface area contributed by atoms with Crippen molar-refractivity contribution in [2.24, 2.45) is 0 Å². The van der Waals surface area contributed by atoms with Gasteiger partial charge in [-0.2, -0.15) is 0 Å². The summed E-state index contributed by atoms with van der Waals surface area (Å²) in [6, 6.07) is 1.42. The molecule has 0 fully saturated rings. The molecule has 0 bridgehead atoms. The highest BCUT2D eigenvalue weighted by Crippen LogP contribution is 2.17. The van der Waals surface area contributed by atoms with Gasteiger partial charge < -0.3 is 15.8 Å². The van der Waals surface area contributed by atoms with Gasteiger partial charge in [0.1, 0.15) is 11.4 Å². The Morgan fingerprint density at radius 2 is 2.33 bits per heavy atom. The fourth-order valence-electron chi connectivity index (χ4n) is 1.49. The Labute approximate surface area is 108 Å². The Hall–Kier alpha value is -1.63. The van der Waals surface area contributed by atoms with E-state index in [9.17, 15) is 9.00 Å². The molecule has 0 radical (unpaired) electrons. The van der Waals surface area contributed by atoms with Crippen LogP contribution in [-0.4, -0.2) is 40.3 Å². The largest absolute Gasteiger partial charge is 0.465 e. The number of pyridine rings is 1. The average Bonchev–Trinajstić information content (AvgIpc) is 2.29. The normalized spacial score (nSPS) is 13.7. The number of hydrogen-bond acceptors (Lipinski definition) is 6. The molecule has 1 heterocycles. The number of nitrogens with one attached hydrogen (secondary N) is 1. The highest BCUT2D eigenvalue weighted by molar-refractivity contribution is 7.84. The summed E-state index contributed by atoms with van der Waals surface area (Å²) < 4.78 is 15.8. The van der Waals surface area contributed by atoms with Gasteiger partial charge in [-0.1, -0.05) is 0 Å². The van der Waals surface area contributed by atoms with Gasteiger partial charge in [-0.3, -0.25) is 4.21 Å². The zero-order valence-electron chi connectivity index (χ0n) is 10.6. The third kappa shape index (κ3) is 3.99. The summed E-state index contributed by atoms with van der Waals surface area (Å²) in [5.41, 5.74) is 6.24. The predicted octanol–water partition coefficient (Wildman–Crippen LogP) is 0.629. The summed E-state index contributed by atoms with van der Waals surface area (Å²) in [7, 11) is 0.368. The van der Waals surface area contributed by atoms with Crippen molar-refractivity contribution in [1.82, 2.24) is 4.98 Å². The maximum absolute atomic E-state index is 11.6. The number of nitrogens with two attached hydrogens (primary N) is 1. The first-order valence-corrected chi connectivity index (χ1v) is 7.07. The third-order valence-corrected chi connectivity index (χ3v) is 3.15. The van der Waals surface area contributed by atoms with Crippen LogP contribution in [0.1, 0.15) is 17.3 Å². The monoisotopic (exact) mass is 271 g/mol. The molecule has 0 saturated carbocycles. The number of aromatic nitrogens is 1. The molecule has 0 amide bonds. The number of methoxy groups -OCH3 is 1. The maximum atomic E-state index is 11.6. The molecule has 7 heteroatoms. The second-order valence-corrected chi connectivity index (χ2v) is 5.42. The van der Waals surface area contributed by atoms with E-state index in [1.807, 2.05) is 6.92 Å². The van der Waals surface area contributed by atoms with Gasteiger partial charge in [0.25, 0.3) is 0 Å². The second-order valence-electron chi connectivity index (χ2n) is 3.94. The Balaban J connectivity index is 2.94. The predicted molar refractivity (Wildman–Crippen MR) is 72.0 cm³/mol. The number of carbonyl (C=O) groups is 1. The standard InChI is InChI=1S/C11H17N3O3S/c1-7(6-18(3)16)14-10-9(11(15)17-2)4-8(12)5-13-10/h4-5,7H,6,12H2,1-3H3,(H,13,14). The molecule has 100 valence electrons. The van der Waals surface area contributed by atoms with Crippen molar-refractivity contribution >= 4 is 28.3 Å². The van der Waals surface area contributed by atoms with Gasteiger partial charge >= 0.3 is 5.97 Å². The van der Waals surface area contributed by atoms with E-state index in [-0.39, 0.29) is 11.6 Å². The Kier molecular flexibility index (Phi) is 5.08. The van der Waals surface area contributed by atoms with Crippen LogP contribution < -0.4 is 11.1 Å². The molecule has 3 N–H and O–H groups in total. The van der Waals surface area contributed by atoms with Crippen molar-refractivity contribution in [1.29, 1.82) is 0 Å². The number of ether oxygens (including phenoxy) is 1. The molecule has 1 aromatic rings. The number of hydrogen-bond donors (Lipinski definition) is 2. The number of nitrogen functional groups attached to an aromatic ring is 1. The third-order valence-electron chi connectivity index (χ3n) is 2.18. The van der Waals surface area contributed by atoms with Gasteiger partial charge in [0.05, 0.1) is 19.0 Å². The minimum atomic E-state index is -0.924. The molecule has 0 aromatic carbocycles. The highest BCUT2D eigenvalue weighted by Gasteiger charge is 2.15. The Bertz CT molecular complexity index is 465. The SMILES string of the molecule is COC(=O)c1cc(N)cnc1NC(C)CS(C)=O.